The minimum absolute atomic E-state index is 0.0720. The molecule has 0 aliphatic carbocycles. The van der Waals surface area contributed by atoms with Crippen LogP contribution in [-0.2, 0) is 9.53 Å². The summed E-state index contributed by atoms with van der Waals surface area (Å²) in [7, 11) is 1.61. The SMILES string of the molecule is COCCN(CCC#N)C(=O)CN1CCC(N)CC1. The maximum Gasteiger partial charge on any atom is 0.236 e. The molecule has 0 unspecified atom stereocenters. The van der Waals surface area contributed by atoms with E-state index in [1.165, 1.54) is 0 Å². The molecule has 19 heavy (non-hydrogen) atoms. The van der Waals surface area contributed by atoms with Crippen molar-refractivity contribution in [2.45, 2.75) is 25.3 Å². The van der Waals surface area contributed by atoms with Gasteiger partial charge in [-0.3, -0.25) is 9.69 Å². The minimum Gasteiger partial charge on any atom is -0.383 e. The Morgan fingerprint density at radius 3 is 2.74 bits per heavy atom. The molecule has 1 saturated heterocycles. The predicted molar refractivity (Wildman–Crippen MR) is 72.3 cm³/mol. The van der Waals surface area contributed by atoms with Crippen molar-refractivity contribution in [3.63, 3.8) is 0 Å². The number of nitrogens with zero attached hydrogens (tertiary/aromatic N) is 3. The van der Waals surface area contributed by atoms with E-state index in [1.54, 1.807) is 12.0 Å². The number of nitriles is 1. The zero-order valence-electron chi connectivity index (χ0n) is 11.7. The molecule has 0 spiro atoms. The molecule has 0 aromatic rings. The van der Waals surface area contributed by atoms with Gasteiger partial charge in [-0.25, -0.2) is 0 Å². The van der Waals surface area contributed by atoms with E-state index in [9.17, 15) is 4.79 Å². The molecular weight excluding hydrogens is 244 g/mol. The maximum atomic E-state index is 12.2. The number of hydrogen-bond donors (Lipinski definition) is 1. The summed E-state index contributed by atoms with van der Waals surface area (Å²) in [5.41, 5.74) is 5.84. The van der Waals surface area contributed by atoms with E-state index in [2.05, 4.69) is 11.0 Å². The third-order valence-electron chi connectivity index (χ3n) is 3.40. The lowest BCUT2D eigenvalue weighted by molar-refractivity contribution is -0.133. The van der Waals surface area contributed by atoms with Crippen LogP contribution in [0.5, 0.6) is 0 Å². The summed E-state index contributed by atoms with van der Waals surface area (Å²) >= 11 is 0. The second-order valence-electron chi connectivity index (χ2n) is 4.90. The fourth-order valence-electron chi connectivity index (χ4n) is 2.15. The lowest BCUT2D eigenvalue weighted by Gasteiger charge is -2.31. The van der Waals surface area contributed by atoms with E-state index in [-0.39, 0.29) is 11.9 Å². The number of rotatable bonds is 7. The van der Waals surface area contributed by atoms with Gasteiger partial charge >= 0.3 is 0 Å². The van der Waals surface area contributed by atoms with E-state index < -0.39 is 0 Å². The molecule has 0 radical (unpaired) electrons. The molecule has 0 saturated carbocycles. The van der Waals surface area contributed by atoms with Crippen LogP contribution in [0.25, 0.3) is 0 Å². The quantitative estimate of drug-likeness (QED) is 0.691. The first-order valence-corrected chi connectivity index (χ1v) is 6.79. The van der Waals surface area contributed by atoms with Crippen LogP contribution in [0, 0.1) is 11.3 Å². The zero-order chi connectivity index (χ0) is 14.1. The Balaban J connectivity index is 2.39. The summed E-state index contributed by atoms with van der Waals surface area (Å²) in [5.74, 6) is 0.0720. The van der Waals surface area contributed by atoms with Crippen LogP contribution in [0.2, 0.25) is 0 Å². The molecule has 1 amide bonds. The van der Waals surface area contributed by atoms with Crippen molar-refractivity contribution < 1.29 is 9.53 Å². The van der Waals surface area contributed by atoms with Gasteiger partial charge in [-0.2, -0.15) is 5.26 Å². The van der Waals surface area contributed by atoms with Gasteiger partial charge in [0.05, 0.1) is 25.6 Å². The number of carbonyl (C=O) groups is 1. The molecule has 1 aliphatic rings. The summed E-state index contributed by atoms with van der Waals surface area (Å²) in [5, 5.41) is 8.63. The fraction of sp³-hybridized carbons (Fsp3) is 0.846. The average molecular weight is 268 g/mol. The van der Waals surface area contributed by atoms with E-state index >= 15 is 0 Å². The molecule has 1 heterocycles. The Bertz CT molecular complexity index is 308. The molecule has 6 nitrogen and oxygen atoms in total. The van der Waals surface area contributed by atoms with Crippen molar-refractivity contribution in [2.75, 3.05) is 46.4 Å². The number of ether oxygens (including phenoxy) is 1. The first kappa shape index (κ1) is 15.9. The molecule has 0 atom stereocenters. The maximum absolute atomic E-state index is 12.2. The van der Waals surface area contributed by atoms with Crippen LogP contribution in [-0.4, -0.2) is 68.2 Å². The van der Waals surface area contributed by atoms with Crippen LogP contribution in [0.3, 0.4) is 0 Å². The van der Waals surface area contributed by atoms with Gasteiger partial charge in [-0.1, -0.05) is 0 Å². The first-order valence-electron chi connectivity index (χ1n) is 6.79. The molecule has 2 N–H and O–H groups in total. The Kier molecular flexibility index (Phi) is 7.41. The van der Waals surface area contributed by atoms with E-state index in [0.29, 0.717) is 32.7 Å². The summed E-state index contributed by atoms with van der Waals surface area (Å²) in [6, 6.07) is 2.35. The van der Waals surface area contributed by atoms with Gasteiger partial charge in [-0.15, -0.1) is 0 Å². The highest BCUT2D eigenvalue weighted by molar-refractivity contribution is 5.78. The van der Waals surface area contributed by atoms with Gasteiger partial charge < -0.3 is 15.4 Å². The molecule has 108 valence electrons. The molecular formula is C13H24N4O2. The van der Waals surface area contributed by atoms with Gasteiger partial charge in [-0.05, 0) is 12.8 Å². The van der Waals surface area contributed by atoms with Crippen molar-refractivity contribution in [1.29, 1.82) is 5.26 Å². The highest BCUT2D eigenvalue weighted by Crippen LogP contribution is 2.08. The van der Waals surface area contributed by atoms with Crippen LogP contribution in [0.1, 0.15) is 19.3 Å². The molecule has 1 fully saturated rings. The van der Waals surface area contributed by atoms with Gasteiger partial charge in [0.25, 0.3) is 0 Å². The van der Waals surface area contributed by atoms with Crippen molar-refractivity contribution in [3.05, 3.63) is 0 Å². The Hall–Kier alpha value is -1.16. The number of methoxy groups -OCH3 is 1. The first-order chi connectivity index (χ1) is 9.17. The van der Waals surface area contributed by atoms with Crippen LogP contribution < -0.4 is 5.73 Å². The Morgan fingerprint density at radius 2 is 2.16 bits per heavy atom. The highest BCUT2D eigenvalue weighted by atomic mass is 16.5. The van der Waals surface area contributed by atoms with Gasteiger partial charge in [0.15, 0.2) is 0 Å². The fourth-order valence-corrected chi connectivity index (χ4v) is 2.15. The zero-order valence-corrected chi connectivity index (χ0v) is 11.7. The molecule has 0 bridgehead atoms. The van der Waals surface area contributed by atoms with Crippen LogP contribution in [0.4, 0.5) is 0 Å². The van der Waals surface area contributed by atoms with E-state index in [0.717, 1.165) is 25.9 Å². The minimum atomic E-state index is 0.0720. The van der Waals surface area contributed by atoms with Crippen LogP contribution in [0.15, 0.2) is 0 Å². The molecule has 1 rings (SSSR count). The Morgan fingerprint density at radius 1 is 1.47 bits per heavy atom. The number of hydrogen-bond acceptors (Lipinski definition) is 5. The number of amides is 1. The number of piperidine rings is 1. The molecule has 6 heteroatoms. The standard InChI is InChI=1S/C13H24N4O2/c1-19-10-9-17(6-2-5-14)13(18)11-16-7-3-12(15)4-8-16/h12H,2-4,6-11,15H2,1H3. The summed E-state index contributed by atoms with van der Waals surface area (Å²) in [6.07, 6.45) is 2.26. The van der Waals surface area contributed by atoms with E-state index in [4.69, 9.17) is 15.7 Å². The summed E-state index contributed by atoms with van der Waals surface area (Å²) < 4.78 is 5.00. The van der Waals surface area contributed by atoms with Crippen molar-refractivity contribution in [1.82, 2.24) is 9.80 Å². The second-order valence-corrected chi connectivity index (χ2v) is 4.90. The lowest BCUT2D eigenvalue weighted by Crippen LogP contribution is -2.46. The van der Waals surface area contributed by atoms with Gasteiger partial charge in [0.2, 0.25) is 5.91 Å². The molecule has 0 aromatic heterocycles. The van der Waals surface area contributed by atoms with Crippen molar-refractivity contribution >= 4 is 5.91 Å². The smallest absolute Gasteiger partial charge is 0.236 e. The number of nitrogens with two attached hydrogens (primary N) is 1. The molecule has 0 aromatic carbocycles. The highest BCUT2D eigenvalue weighted by Gasteiger charge is 2.21. The van der Waals surface area contributed by atoms with Gasteiger partial charge in [0.1, 0.15) is 0 Å². The average Bonchev–Trinajstić information content (AvgIpc) is 2.41. The van der Waals surface area contributed by atoms with Gasteiger partial charge in [0, 0.05) is 39.3 Å². The third kappa shape index (κ3) is 6.01. The summed E-state index contributed by atoms with van der Waals surface area (Å²) in [6.45, 7) is 3.70. The monoisotopic (exact) mass is 268 g/mol. The number of likely N-dealkylation sites (tertiary alicyclic amines) is 1. The van der Waals surface area contributed by atoms with E-state index in [1.807, 2.05) is 0 Å². The number of carbonyl (C=O) groups excluding carboxylic acids is 1. The third-order valence-corrected chi connectivity index (χ3v) is 3.40. The largest absolute Gasteiger partial charge is 0.383 e. The second kappa shape index (κ2) is 8.86. The normalized spacial score (nSPS) is 17.1. The van der Waals surface area contributed by atoms with Crippen molar-refractivity contribution in [3.8, 4) is 6.07 Å². The predicted octanol–water partition coefficient (Wildman–Crippen LogP) is -0.202. The summed E-state index contributed by atoms with van der Waals surface area (Å²) in [4.78, 5) is 16.0. The lowest BCUT2D eigenvalue weighted by atomic mass is 10.1. The Labute approximate surface area is 115 Å². The topological polar surface area (TPSA) is 82.6 Å². The van der Waals surface area contributed by atoms with Crippen LogP contribution >= 0.6 is 0 Å². The van der Waals surface area contributed by atoms with Crippen molar-refractivity contribution in [2.24, 2.45) is 5.73 Å². The molecule has 1 aliphatic heterocycles.